The molecule has 0 bridgehead atoms. The molecule has 0 atom stereocenters. The summed E-state index contributed by atoms with van der Waals surface area (Å²) < 4.78 is 0. The second kappa shape index (κ2) is 7.88. The van der Waals surface area contributed by atoms with Crippen molar-refractivity contribution in [3.8, 4) is 11.5 Å². The fourth-order valence-corrected chi connectivity index (χ4v) is 3.32. The maximum Gasteiger partial charge on any atom is 0.115 e. The summed E-state index contributed by atoms with van der Waals surface area (Å²) in [5, 5.41) is 19.1. The zero-order valence-electron chi connectivity index (χ0n) is 13.5. The molecule has 0 saturated carbocycles. The van der Waals surface area contributed by atoms with Crippen molar-refractivity contribution < 1.29 is 10.2 Å². The molecule has 0 aromatic heterocycles. The third-order valence-electron chi connectivity index (χ3n) is 4.29. The first-order valence-electron chi connectivity index (χ1n) is 8.23. The van der Waals surface area contributed by atoms with Gasteiger partial charge < -0.3 is 10.2 Å². The van der Waals surface area contributed by atoms with E-state index in [1.807, 2.05) is 24.3 Å². The van der Waals surface area contributed by atoms with Crippen molar-refractivity contribution in [3.63, 3.8) is 0 Å². The summed E-state index contributed by atoms with van der Waals surface area (Å²) in [4.78, 5) is 0. The molecule has 0 heterocycles. The van der Waals surface area contributed by atoms with Gasteiger partial charge in [0.2, 0.25) is 0 Å². The third-order valence-corrected chi connectivity index (χ3v) is 4.29. The van der Waals surface area contributed by atoms with E-state index in [0.29, 0.717) is 23.3 Å². The summed E-state index contributed by atoms with van der Waals surface area (Å²) in [6.07, 6.45) is 4.69. The number of aromatic hydroxyl groups is 2. The van der Waals surface area contributed by atoms with Crippen molar-refractivity contribution in [2.24, 2.45) is 5.92 Å². The number of benzene rings is 2. The summed E-state index contributed by atoms with van der Waals surface area (Å²) in [7, 11) is 0. The maximum absolute atomic E-state index is 9.56. The normalized spacial score (nSPS) is 11.3. The van der Waals surface area contributed by atoms with Crippen molar-refractivity contribution >= 4 is 0 Å². The fraction of sp³-hybridized carbons (Fsp3) is 0.400. The molecule has 0 spiro atoms. The Morgan fingerprint density at radius 1 is 0.682 bits per heavy atom. The molecule has 2 aromatic rings. The monoisotopic (exact) mass is 298 g/mol. The number of rotatable bonds is 7. The van der Waals surface area contributed by atoms with Crippen LogP contribution in [0.2, 0.25) is 0 Å². The van der Waals surface area contributed by atoms with Gasteiger partial charge in [0.05, 0.1) is 0 Å². The van der Waals surface area contributed by atoms with Gasteiger partial charge >= 0.3 is 0 Å². The van der Waals surface area contributed by atoms with Crippen LogP contribution in [0, 0.1) is 5.92 Å². The van der Waals surface area contributed by atoms with E-state index in [1.165, 1.54) is 24.0 Å². The Hall–Kier alpha value is -1.96. The molecule has 22 heavy (non-hydrogen) atoms. The number of hydrogen-bond donors (Lipinski definition) is 2. The Kier molecular flexibility index (Phi) is 5.88. The lowest BCUT2D eigenvalue weighted by molar-refractivity contribution is 0.395. The smallest absolute Gasteiger partial charge is 0.115 e. The lowest BCUT2D eigenvalue weighted by Crippen LogP contribution is -2.14. The van der Waals surface area contributed by atoms with Gasteiger partial charge in [0.25, 0.3) is 0 Å². The standard InChI is InChI=1S/C20H26O2/c1-3-5-15(6-4-2)20(16-7-11-18(21)12-8-16)17-9-13-19(22)14-10-17/h7-15,20-22H,3-6H2,1-2H3. The zero-order valence-corrected chi connectivity index (χ0v) is 13.5. The second-order valence-corrected chi connectivity index (χ2v) is 6.00. The first-order chi connectivity index (χ1) is 10.7. The predicted octanol–water partition coefficient (Wildman–Crippen LogP) is 5.45. The van der Waals surface area contributed by atoms with Crippen LogP contribution in [0.4, 0.5) is 0 Å². The molecule has 2 heteroatoms. The molecule has 2 nitrogen and oxygen atoms in total. The van der Waals surface area contributed by atoms with E-state index in [2.05, 4.69) is 13.8 Å². The van der Waals surface area contributed by atoms with E-state index in [1.54, 1.807) is 24.3 Å². The van der Waals surface area contributed by atoms with Gasteiger partial charge in [-0.2, -0.15) is 0 Å². The van der Waals surface area contributed by atoms with E-state index in [0.717, 1.165) is 12.8 Å². The van der Waals surface area contributed by atoms with Gasteiger partial charge in [-0.3, -0.25) is 0 Å². The number of hydrogen-bond acceptors (Lipinski definition) is 2. The summed E-state index contributed by atoms with van der Waals surface area (Å²) >= 11 is 0. The van der Waals surface area contributed by atoms with Gasteiger partial charge in [0, 0.05) is 5.92 Å². The van der Waals surface area contributed by atoms with Crippen molar-refractivity contribution in [2.45, 2.75) is 45.4 Å². The first kappa shape index (κ1) is 16.4. The lowest BCUT2D eigenvalue weighted by atomic mass is 9.76. The Bertz CT molecular complexity index is 506. The topological polar surface area (TPSA) is 40.5 Å². The van der Waals surface area contributed by atoms with Gasteiger partial charge in [-0.05, 0) is 54.2 Å². The van der Waals surface area contributed by atoms with Gasteiger partial charge in [-0.25, -0.2) is 0 Å². The minimum Gasteiger partial charge on any atom is -0.508 e. The minimum atomic E-state index is 0.302. The molecule has 0 aliphatic rings. The Labute approximate surface area is 133 Å². The molecule has 2 N–H and O–H groups in total. The highest BCUT2D eigenvalue weighted by molar-refractivity contribution is 5.38. The van der Waals surface area contributed by atoms with Gasteiger partial charge in [-0.15, -0.1) is 0 Å². The fourth-order valence-electron chi connectivity index (χ4n) is 3.32. The van der Waals surface area contributed by atoms with Crippen LogP contribution < -0.4 is 0 Å². The molecular weight excluding hydrogens is 272 g/mol. The highest BCUT2D eigenvalue weighted by Crippen LogP contribution is 2.38. The quantitative estimate of drug-likeness (QED) is 0.714. The van der Waals surface area contributed by atoms with Crippen LogP contribution in [-0.4, -0.2) is 10.2 Å². The molecule has 2 aromatic carbocycles. The molecule has 0 fully saturated rings. The molecule has 0 aliphatic heterocycles. The van der Waals surface area contributed by atoms with Crippen LogP contribution >= 0.6 is 0 Å². The highest BCUT2D eigenvalue weighted by Gasteiger charge is 2.23. The van der Waals surface area contributed by atoms with Crippen LogP contribution in [-0.2, 0) is 0 Å². The maximum atomic E-state index is 9.56. The van der Waals surface area contributed by atoms with E-state index < -0.39 is 0 Å². The average Bonchev–Trinajstić information content (AvgIpc) is 2.52. The van der Waals surface area contributed by atoms with Crippen LogP contribution in [0.3, 0.4) is 0 Å². The first-order valence-corrected chi connectivity index (χ1v) is 8.23. The van der Waals surface area contributed by atoms with Crippen molar-refractivity contribution in [3.05, 3.63) is 59.7 Å². The summed E-state index contributed by atoms with van der Waals surface area (Å²) in [6.45, 7) is 4.46. The van der Waals surface area contributed by atoms with Gasteiger partial charge in [-0.1, -0.05) is 51.0 Å². The molecule has 0 saturated heterocycles. The third kappa shape index (κ3) is 4.03. The molecule has 0 amide bonds. The minimum absolute atomic E-state index is 0.302. The van der Waals surface area contributed by atoms with Crippen molar-refractivity contribution in [1.82, 2.24) is 0 Å². The summed E-state index contributed by atoms with van der Waals surface area (Å²) in [5.41, 5.74) is 2.46. The SMILES string of the molecule is CCCC(CCC)C(c1ccc(O)cc1)c1ccc(O)cc1. The van der Waals surface area contributed by atoms with Gasteiger partial charge in [0.1, 0.15) is 11.5 Å². The van der Waals surface area contributed by atoms with Crippen LogP contribution in [0.15, 0.2) is 48.5 Å². The van der Waals surface area contributed by atoms with E-state index in [4.69, 9.17) is 0 Å². The van der Waals surface area contributed by atoms with Crippen molar-refractivity contribution in [1.29, 1.82) is 0 Å². The van der Waals surface area contributed by atoms with Gasteiger partial charge in [0.15, 0.2) is 0 Å². The number of phenols is 2. The van der Waals surface area contributed by atoms with Crippen LogP contribution in [0.25, 0.3) is 0 Å². The summed E-state index contributed by atoms with van der Waals surface area (Å²) in [6, 6.07) is 15.1. The Morgan fingerprint density at radius 2 is 1.05 bits per heavy atom. The molecule has 0 unspecified atom stereocenters. The average molecular weight is 298 g/mol. The van der Waals surface area contributed by atoms with Crippen LogP contribution in [0.5, 0.6) is 11.5 Å². The summed E-state index contributed by atoms with van der Waals surface area (Å²) in [5.74, 6) is 1.48. The van der Waals surface area contributed by atoms with Crippen LogP contribution in [0.1, 0.15) is 56.6 Å². The molecule has 2 rings (SSSR count). The molecule has 118 valence electrons. The lowest BCUT2D eigenvalue weighted by Gasteiger charge is -2.28. The Morgan fingerprint density at radius 3 is 1.36 bits per heavy atom. The predicted molar refractivity (Wildman–Crippen MR) is 91.4 cm³/mol. The number of phenolic OH excluding ortho intramolecular Hbond substituents is 2. The Balaban J connectivity index is 2.42. The molecule has 0 radical (unpaired) electrons. The van der Waals surface area contributed by atoms with E-state index in [-0.39, 0.29) is 0 Å². The van der Waals surface area contributed by atoms with E-state index >= 15 is 0 Å². The highest BCUT2D eigenvalue weighted by atomic mass is 16.3. The van der Waals surface area contributed by atoms with Crippen molar-refractivity contribution in [2.75, 3.05) is 0 Å². The second-order valence-electron chi connectivity index (χ2n) is 6.00. The molecular formula is C20H26O2. The largest absolute Gasteiger partial charge is 0.508 e. The molecule has 0 aliphatic carbocycles. The van der Waals surface area contributed by atoms with E-state index in [9.17, 15) is 10.2 Å². The zero-order chi connectivity index (χ0) is 15.9.